The Morgan fingerprint density at radius 2 is 2.04 bits per heavy atom. The Morgan fingerprint density at radius 3 is 2.68 bits per heavy atom. The van der Waals surface area contributed by atoms with Crippen LogP contribution in [0.2, 0.25) is 0 Å². The number of phosphoric ester groups is 1. The van der Waals surface area contributed by atoms with Crippen molar-refractivity contribution in [2.45, 2.75) is 26.2 Å². The third-order valence-corrected chi connectivity index (χ3v) is 5.12. The third kappa shape index (κ3) is 6.07. The molecule has 0 saturated carbocycles. The van der Waals surface area contributed by atoms with Gasteiger partial charge in [-0.1, -0.05) is 25.1 Å². The van der Waals surface area contributed by atoms with Crippen molar-refractivity contribution in [3.8, 4) is 0 Å². The summed E-state index contributed by atoms with van der Waals surface area (Å²) in [6, 6.07) is 6.86. The van der Waals surface area contributed by atoms with Crippen LogP contribution in [-0.2, 0) is 15.8 Å². The summed E-state index contributed by atoms with van der Waals surface area (Å²) in [6.45, 7) is 1.29. The van der Waals surface area contributed by atoms with Crippen molar-refractivity contribution >= 4 is 35.8 Å². The molecule has 0 spiro atoms. The molecule has 3 aromatic rings. The number of hydrogen-bond acceptors (Lipinski definition) is 8. The molecule has 0 amide bonds. The van der Waals surface area contributed by atoms with Crippen LogP contribution in [0.4, 0.5) is 0 Å². The molecule has 0 unspecified atom stereocenters. The van der Waals surface area contributed by atoms with E-state index in [-0.39, 0.29) is 69.9 Å². The summed E-state index contributed by atoms with van der Waals surface area (Å²) in [5, 5.41) is 12.3. The Bertz CT molecular complexity index is 1000. The molecule has 28 heavy (non-hydrogen) atoms. The monoisotopic (exact) mass is 440 g/mol. The van der Waals surface area contributed by atoms with Gasteiger partial charge in [-0.15, -0.1) is 11.3 Å². The third-order valence-electron chi connectivity index (χ3n) is 3.83. The standard InChI is InChI=1S/C16H17N2O6PS.2Na/c1-2-14(19)12-8-26-16(17-12)15(20)11-7-18(9-24-25(21,22)23)13-6-4-3-5-10(11)13;;/h3-8,14,19H,2,9H2,1H3,(H2,21,22,23);;/q;2*+1/p-2/t14-;;/m1../s1. The average molecular weight is 440 g/mol. The normalized spacial score (nSPS) is 12.3. The van der Waals surface area contributed by atoms with Gasteiger partial charge in [0.1, 0.15) is 6.73 Å². The van der Waals surface area contributed by atoms with E-state index in [1.807, 2.05) is 6.92 Å². The summed E-state index contributed by atoms with van der Waals surface area (Å²) in [7, 11) is -5.14. The molecule has 0 aliphatic carbocycles. The average Bonchev–Trinajstić information content (AvgIpc) is 3.23. The number of rotatable bonds is 7. The molecule has 3 rings (SSSR count). The van der Waals surface area contributed by atoms with Crippen molar-refractivity contribution in [2.24, 2.45) is 0 Å². The van der Waals surface area contributed by atoms with Gasteiger partial charge in [0.2, 0.25) is 5.78 Å². The first-order chi connectivity index (χ1) is 12.3. The Balaban J connectivity index is 0.00000196. The maximum Gasteiger partial charge on any atom is 1.00 e. The number of aliphatic hydroxyl groups is 1. The fourth-order valence-corrected chi connectivity index (χ4v) is 3.62. The summed E-state index contributed by atoms with van der Waals surface area (Å²) < 4.78 is 16.4. The Kier molecular flexibility index (Phi) is 10.2. The van der Waals surface area contributed by atoms with E-state index < -0.39 is 20.7 Å². The SMILES string of the molecule is CC[C@@H](O)c1csc(C(=O)c2cn(COP(=O)([O-])[O-])c3ccccc23)n1.[Na+].[Na+]. The molecule has 0 bridgehead atoms. The van der Waals surface area contributed by atoms with Crippen LogP contribution in [0.25, 0.3) is 10.9 Å². The number of aliphatic hydroxyl groups excluding tert-OH is 1. The number of benzene rings is 1. The Labute approximate surface area is 209 Å². The zero-order chi connectivity index (χ0) is 18.9. The number of nitrogens with zero attached hydrogens (tertiary/aromatic N) is 2. The molecule has 0 radical (unpaired) electrons. The minimum absolute atomic E-state index is 0. The first kappa shape index (κ1) is 26.2. The van der Waals surface area contributed by atoms with Crippen LogP contribution in [0.5, 0.6) is 0 Å². The maximum absolute atomic E-state index is 12.8. The molecular weight excluding hydrogens is 425 g/mol. The summed E-state index contributed by atoms with van der Waals surface area (Å²) in [6.07, 6.45) is 1.18. The number of ketones is 1. The number of para-hydroxylation sites is 1. The maximum atomic E-state index is 12.8. The van der Waals surface area contributed by atoms with Crippen molar-refractivity contribution in [1.29, 1.82) is 0 Å². The van der Waals surface area contributed by atoms with Crippen molar-refractivity contribution in [3.63, 3.8) is 0 Å². The summed E-state index contributed by atoms with van der Waals surface area (Å²) in [5.41, 5.74) is 1.30. The minimum atomic E-state index is -5.14. The quantitative estimate of drug-likeness (QED) is 0.223. The molecule has 12 heteroatoms. The van der Waals surface area contributed by atoms with E-state index >= 15 is 0 Å². The second-order valence-corrected chi connectivity index (χ2v) is 7.58. The van der Waals surface area contributed by atoms with Crippen LogP contribution in [0.15, 0.2) is 35.8 Å². The Morgan fingerprint density at radius 1 is 1.36 bits per heavy atom. The van der Waals surface area contributed by atoms with Gasteiger partial charge in [0, 0.05) is 17.0 Å². The number of phosphoric acid groups is 1. The topological polar surface area (TPSA) is 128 Å². The molecule has 1 atom stereocenters. The van der Waals surface area contributed by atoms with E-state index in [1.165, 1.54) is 10.8 Å². The molecule has 138 valence electrons. The summed E-state index contributed by atoms with van der Waals surface area (Å²) in [5.74, 6) is -0.355. The van der Waals surface area contributed by atoms with Crippen LogP contribution in [0.3, 0.4) is 0 Å². The van der Waals surface area contributed by atoms with Gasteiger partial charge < -0.3 is 28.5 Å². The van der Waals surface area contributed by atoms with Crippen molar-refractivity contribution in [1.82, 2.24) is 9.55 Å². The van der Waals surface area contributed by atoms with E-state index in [9.17, 15) is 24.3 Å². The van der Waals surface area contributed by atoms with E-state index in [2.05, 4.69) is 9.51 Å². The number of carbonyl (C=O) groups is 1. The molecule has 2 aromatic heterocycles. The summed E-state index contributed by atoms with van der Waals surface area (Å²) in [4.78, 5) is 38.5. The van der Waals surface area contributed by atoms with Gasteiger partial charge in [0.15, 0.2) is 5.01 Å². The van der Waals surface area contributed by atoms with Gasteiger partial charge in [-0.05, 0) is 12.5 Å². The predicted octanol–water partition coefficient (Wildman–Crippen LogP) is -4.42. The molecule has 8 nitrogen and oxygen atoms in total. The molecule has 2 heterocycles. The van der Waals surface area contributed by atoms with Gasteiger partial charge in [0.05, 0.1) is 30.7 Å². The summed E-state index contributed by atoms with van der Waals surface area (Å²) >= 11 is 1.13. The van der Waals surface area contributed by atoms with Crippen LogP contribution in [0, 0.1) is 0 Å². The van der Waals surface area contributed by atoms with Gasteiger partial charge in [-0.3, -0.25) is 4.79 Å². The van der Waals surface area contributed by atoms with Crippen molar-refractivity contribution in [3.05, 3.63) is 52.1 Å². The molecule has 0 fully saturated rings. The molecule has 0 saturated heterocycles. The number of thiazole rings is 1. The van der Waals surface area contributed by atoms with Gasteiger partial charge in [-0.2, -0.15) is 0 Å². The number of fused-ring (bicyclic) bond motifs is 1. The van der Waals surface area contributed by atoms with Gasteiger partial charge in [-0.25, -0.2) is 4.98 Å². The first-order valence-corrected chi connectivity index (χ1v) is 10.1. The van der Waals surface area contributed by atoms with Crippen LogP contribution >= 0.6 is 19.2 Å². The van der Waals surface area contributed by atoms with E-state index in [0.717, 1.165) is 11.3 Å². The molecule has 0 aliphatic rings. The second kappa shape index (κ2) is 10.9. The molecular formula is C16H15N2Na2O6PS. The smallest absolute Gasteiger partial charge is 0.790 e. The predicted molar refractivity (Wildman–Crippen MR) is 91.4 cm³/mol. The molecule has 1 aromatic carbocycles. The Hall–Kier alpha value is 0.130. The van der Waals surface area contributed by atoms with E-state index in [0.29, 0.717) is 28.6 Å². The molecule has 1 N–H and O–H groups in total. The zero-order valence-electron chi connectivity index (χ0n) is 15.7. The first-order valence-electron chi connectivity index (χ1n) is 7.73. The fourth-order valence-electron chi connectivity index (χ4n) is 2.54. The van der Waals surface area contributed by atoms with Crippen LogP contribution < -0.4 is 68.9 Å². The fraction of sp³-hybridized carbons (Fsp3) is 0.250. The number of hydrogen-bond donors (Lipinski definition) is 1. The number of carbonyl (C=O) groups excluding carboxylic acids is 1. The minimum Gasteiger partial charge on any atom is -0.790 e. The second-order valence-electron chi connectivity index (χ2n) is 5.57. The van der Waals surface area contributed by atoms with Crippen molar-refractivity contribution < 1.29 is 87.9 Å². The molecule has 0 aliphatic heterocycles. The van der Waals surface area contributed by atoms with Crippen LogP contribution in [-0.4, -0.2) is 20.4 Å². The number of aromatic nitrogens is 2. The van der Waals surface area contributed by atoms with Crippen molar-refractivity contribution in [2.75, 3.05) is 0 Å². The van der Waals surface area contributed by atoms with E-state index in [1.54, 1.807) is 29.6 Å². The largest absolute Gasteiger partial charge is 1.00 e. The van der Waals surface area contributed by atoms with Gasteiger partial charge in [0.25, 0.3) is 0 Å². The van der Waals surface area contributed by atoms with Crippen LogP contribution in [0.1, 0.15) is 40.5 Å². The van der Waals surface area contributed by atoms with E-state index in [4.69, 9.17) is 0 Å². The van der Waals surface area contributed by atoms with Gasteiger partial charge >= 0.3 is 59.1 Å². The zero-order valence-corrected chi connectivity index (χ0v) is 21.4.